The van der Waals surface area contributed by atoms with E-state index in [1.807, 2.05) is 35.0 Å². The van der Waals surface area contributed by atoms with Crippen LogP contribution in [-0.2, 0) is 0 Å². The molecule has 0 saturated heterocycles. The lowest BCUT2D eigenvalue weighted by molar-refractivity contribution is 0.0923. The highest BCUT2D eigenvalue weighted by atomic mass is 16.1. The molecule has 4 nitrogen and oxygen atoms in total. The lowest BCUT2D eigenvalue weighted by Crippen LogP contribution is -2.37. The molecule has 1 aromatic heterocycles. The number of nitrogens with one attached hydrogen (secondary N) is 1. The average Bonchev–Trinajstić information content (AvgIpc) is 3.04. The second-order valence-corrected chi connectivity index (χ2v) is 5.95. The highest BCUT2D eigenvalue weighted by Crippen LogP contribution is 2.23. The van der Waals surface area contributed by atoms with Crippen LogP contribution in [0.4, 0.5) is 0 Å². The third-order valence-corrected chi connectivity index (χ3v) is 4.28. The van der Waals surface area contributed by atoms with Gasteiger partial charge in [-0.2, -0.15) is 0 Å². The quantitative estimate of drug-likeness (QED) is 0.940. The van der Waals surface area contributed by atoms with Gasteiger partial charge in [0.25, 0.3) is 5.91 Å². The molecule has 2 aromatic rings. The number of benzene rings is 1. The smallest absolute Gasteiger partial charge is 0.251 e. The summed E-state index contributed by atoms with van der Waals surface area (Å²) in [4.78, 5) is 16.3. The molecule has 21 heavy (non-hydrogen) atoms. The van der Waals surface area contributed by atoms with E-state index >= 15 is 0 Å². The fraction of sp³-hybridized carbons (Fsp3) is 0.412. The van der Waals surface area contributed by atoms with Gasteiger partial charge in [-0.05, 0) is 55.9 Å². The van der Waals surface area contributed by atoms with E-state index < -0.39 is 0 Å². The summed E-state index contributed by atoms with van der Waals surface area (Å²) in [5.41, 5.74) is 1.73. The van der Waals surface area contributed by atoms with Gasteiger partial charge in [-0.15, -0.1) is 0 Å². The zero-order valence-corrected chi connectivity index (χ0v) is 12.3. The number of carbonyl (C=O) groups excluding carboxylic acids is 1. The van der Waals surface area contributed by atoms with Crippen molar-refractivity contribution in [1.82, 2.24) is 14.9 Å². The first-order valence-electron chi connectivity index (χ1n) is 7.61. The van der Waals surface area contributed by atoms with Gasteiger partial charge < -0.3 is 9.88 Å². The van der Waals surface area contributed by atoms with Crippen molar-refractivity contribution in [2.45, 2.75) is 38.6 Å². The first-order chi connectivity index (χ1) is 10.2. The molecule has 1 N–H and O–H groups in total. The van der Waals surface area contributed by atoms with E-state index in [-0.39, 0.29) is 5.91 Å². The summed E-state index contributed by atoms with van der Waals surface area (Å²) < 4.78 is 1.92. The SMILES string of the molecule is CC1CCC(NC(=O)c2ccc(-n3ccnc3)cc2)CC1. The molecule has 1 aromatic carbocycles. The van der Waals surface area contributed by atoms with Crippen LogP contribution in [0.2, 0.25) is 0 Å². The molecule has 0 atom stereocenters. The summed E-state index contributed by atoms with van der Waals surface area (Å²) >= 11 is 0. The van der Waals surface area contributed by atoms with E-state index in [0.717, 1.165) is 30.0 Å². The molecule has 1 aliphatic carbocycles. The summed E-state index contributed by atoms with van der Waals surface area (Å²) in [6.07, 6.45) is 10.00. The van der Waals surface area contributed by atoms with Gasteiger partial charge in [0.15, 0.2) is 0 Å². The third-order valence-electron chi connectivity index (χ3n) is 4.28. The average molecular weight is 283 g/mol. The second kappa shape index (κ2) is 6.12. The van der Waals surface area contributed by atoms with Crippen molar-refractivity contribution < 1.29 is 4.79 Å². The van der Waals surface area contributed by atoms with Gasteiger partial charge in [0.1, 0.15) is 0 Å². The highest BCUT2D eigenvalue weighted by molar-refractivity contribution is 5.94. The maximum atomic E-state index is 12.3. The molecule has 0 spiro atoms. The van der Waals surface area contributed by atoms with Gasteiger partial charge in [0, 0.05) is 29.7 Å². The van der Waals surface area contributed by atoms with Crippen molar-refractivity contribution in [3.63, 3.8) is 0 Å². The molecular weight excluding hydrogens is 262 g/mol. The fourth-order valence-electron chi connectivity index (χ4n) is 2.87. The van der Waals surface area contributed by atoms with Gasteiger partial charge in [0.2, 0.25) is 0 Å². The lowest BCUT2D eigenvalue weighted by atomic mass is 9.87. The van der Waals surface area contributed by atoms with E-state index in [4.69, 9.17) is 0 Å². The van der Waals surface area contributed by atoms with Gasteiger partial charge in [-0.25, -0.2) is 4.98 Å². The molecule has 3 rings (SSSR count). The first kappa shape index (κ1) is 13.9. The number of nitrogens with zero attached hydrogens (tertiary/aromatic N) is 2. The number of amides is 1. The molecule has 0 radical (unpaired) electrons. The number of hydrogen-bond donors (Lipinski definition) is 1. The number of aromatic nitrogens is 2. The third kappa shape index (κ3) is 3.32. The van der Waals surface area contributed by atoms with Crippen LogP contribution in [0, 0.1) is 5.92 Å². The van der Waals surface area contributed by atoms with Crippen LogP contribution in [0.25, 0.3) is 5.69 Å². The van der Waals surface area contributed by atoms with E-state index in [1.165, 1.54) is 12.8 Å². The van der Waals surface area contributed by atoms with Crippen molar-refractivity contribution in [3.8, 4) is 5.69 Å². The first-order valence-corrected chi connectivity index (χ1v) is 7.61. The zero-order valence-electron chi connectivity index (χ0n) is 12.3. The van der Waals surface area contributed by atoms with E-state index in [2.05, 4.69) is 17.2 Å². The predicted molar refractivity (Wildman–Crippen MR) is 82.5 cm³/mol. The van der Waals surface area contributed by atoms with E-state index in [0.29, 0.717) is 6.04 Å². The molecule has 1 fully saturated rings. The van der Waals surface area contributed by atoms with Crippen LogP contribution in [0.1, 0.15) is 43.0 Å². The molecular formula is C17H21N3O. The maximum Gasteiger partial charge on any atom is 0.251 e. The Kier molecular flexibility index (Phi) is 4.04. The molecule has 0 aliphatic heterocycles. The van der Waals surface area contributed by atoms with Crippen molar-refractivity contribution in [2.75, 3.05) is 0 Å². The van der Waals surface area contributed by atoms with Crippen LogP contribution in [-0.4, -0.2) is 21.5 Å². The minimum Gasteiger partial charge on any atom is -0.349 e. The summed E-state index contributed by atoms with van der Waals surface area (Å²) in [6.45, 7) is 2.28. The fourth-order valence-corrected chi connectivity index (χ4v) is 2.87. The molecule has 1 aliphatic rings. The van der Waals surface area contributed by atoms with Crippen LogP contribution in [0.3, 0.4) is 0 Å². The minimum absolute atomic E-state index is 0.0340. The predicted octanol–water partition coefficient (Wildman–Crippen LogP) is 3.18. The monoisotopic (exact) mass is 283 g/mol. The molecule has 0 unspecified atom stereocenters. The normalized spacial score (nSPS) is 22.0. The van der Waals surface area contributed by atoms with Crippen LogP contribution < -0.4 is 5.32 Å². The van der Waals surface area contributed by atoms with Crippen molar-refractivity contribution in [2.24, 2.45) is 5.92 Å². The number of rotatable bonds is 3. The van der Waals surface area contributed by atoms with Crippen LogP contribution >= 0.6 is 0 Å². The Balaban J connectivity index is 1.62. The summed E-state index contributed by atoms with van der Waals surface area (Å²) in [6, 6.07) is 7.97. The highest BCUT2D eigenvalue weighted by Gasteiger charge is 2.20. The Hall–Kier alpha value is -2.10. The number of imidazole rings is 1. The van der Waals surface area contributed by atoms with Crippen molar-refractivity contribution in [1.29, 1.82) is 0 Å². The summed E-state index contributed by atoms with van der Waals surface area (Å²) in [5.74, 6) is 0.833. The van der Waals surface area contributed by atoms with Gasteiger partial charge >= 0.3 is 0 Å². The molecule has 1 amide bonds. The Bertz CT molecular complexity index is 581. The molecule has 0 bridgehead atoms. The van der Waals surface area contributed by atoms with Crippen molar-refractivity contribution >= 4 is 5.91 Å². The van der Waals surface area contributed by atoms with Gasteiger partial charge in [-0.1, -0.05) is 6.92 Å². The van der Waals surface area contributed by atoms with Gasteiger partial charge in [-0.3, -0.25) is 4.79 Å². The lowest BCUT2D eigenvalue weighted by Gasteiger charge is -2.26. The minimum atomic E-state index is 0.0340. The Morgan fingerprint density at radius 3 is 2.52 bits per heavy atom. The summed E-state index contributed by atoms with van der Waals surface area (Å²) in [7, 11) is 0. The topological polar surface area (TPSA) is 46.9 Å². The van der Waals surface area contributed by atoms with E-state index in [9.17, 15) is 4.79 Å². The Labute approximate surface area is 125 Å². The Morgan fingerprint density at radius 2 is 1.90 bits per heavy atom. The van der Waals surface area contributed by atoms with Crippen LogP contribution in [0.15, 0.2) is 43.0 Å². The van der Waals surface area contributed by atoms with Crippen LogP contribution in [0.5, 0.6) is 0 Å². The maximum absolute atomic E-state index is 12.3. The molecule has 1 heterocycles. The standard InChI is InChI=1S/C17H21N3O/c1-13-2-6-15(7-3-13)19-17(21)14-4-8-16(9-5-14)20-11-10-18-12-20/h4-5,8-13,15H,2-3,6-7H2,1H3,(H,19,21). The molecule has 110 valence electrons. The zero-order chi connectivity index (χ0) is 14.7. The molecule has 1 saturated carbocycles. The Morgan fingerprint density at radius 1 is 1.19 bits per heavy atom. The number of hydrogen-bond acceptors (Lipinski definition) is 2. The second-order valence-electron chi connectivity index (χ2n) is 5.95. The van der Waals surface area contributed by atoms with Crippen molar-refractivity contribution in [3.05, 3.63) is 48.5 Å². The van der Waals surface area contributed by atoms with Gasteiger partial charge in [0.05, 0.1) is 6.33 Å². The number of carbonyl (C=O) groups is 1. The molecule has 4 heteroatoms. The largest absolute Gasteiger partial charge is 0.349 e. The van der Waals surface area contributed by atoms with E-state index in [1.54, 1.807) is 12.5 Å². The summed E-state index contributed by atoms with van der Waals surface area (Å²) in [5, 5.41) is 3.15.